The molecule has 3 aromatic rings. The van der Waals surface area contributed by atoms with Crippen molar-refractivity contribution < 1.29 is 14.3 Å². The standard InChI is InChI=1S/C22H18O3S/c1-15-3-7-17(8-4-15)21(23)25-19-11-13-20(14-12-19)26-22(24)18-9-5-16(2)6-10-18/h3-14H,1-2H3. The van der Waals surface area contributed by atoms with Crippen molar-refractivity contribution in [3.63, 3.8) is 0 Å². The summed E-state index contributed by atoms with van der Waals surface area (Å²) in [6.45, 7) is 3.95. The second-order valence-electron chi connectivity index (χ2n) is 5.98. The van der Waals surface area contributed by atoms with Gasteiger partial charge in [-0.1, -0.05) is 47.5 Å². The average Bonchev–Trinajstić information content (AvgIpc) is 2.64. The maximum absolute atomic E-state index is 12.3. The molecule has 0 aliphatic carbocycles. The number of hydrogen-bond donors (Lipinski definition) is 0. The maximum Gasteiger partial charge on any atom is 0.343 e. The van der Waals surface area contributed by atoms with Crippen molar-refractivity contribution in [1.29, 1.82) is 0 Å². The molecule has 0 atom stereocenters. The lowest BCUT2D eigenvalue weighted by Crippen LogP contribution is -2.08. The first-order valence-electron chi connectivity index (χ1n) is 8.19. The van der Waals surface area contributed by atoms with E-state index in [-0.39, 0.29) is 5.12 Å². The Morgan fingerprint density at radius 2 is 1.19 bits per heavy atom. The molecular formula is C22H18O3S. The largest absolute Gasteiger partial charge is 0.423 e. The van der Waals surface area contributed by atoms with Gasteiger partial charge in [-0.15, -0.1) is 0 Å². The zero-order chi connectivity index (χ0) is 18.5. The number of carbonyl (C=O) groups excluding carboxylic acids is 2. The monoisotopic (exact) mass is 362 g/mol. The van der Waals surface area contributed by atoms with E-state index in [2.05, 4.69) is 0 Å². The third-order valence-electron chi connectivity index (χ3n) is 3.82. The number of esters is 1. The van der Waals surface area contributed by atoms with Gasteiger partial charge in [0, 0.05) is 10.5 Å². The Bertz CT molecular complexity index is 833. The molecule has 0 radical (unpaired) electrons. The molecule has 3 nitrogen and oxygen atoms in total. The van der Waals surface area contributed by atoms with Crippen molar-refractivity contribution in [3.8, 4) is 5.75 Å². The molecule has 0 aromatic heterocycles. The van der Waals surface area contributed by atoms with E-state index in [1.807, 2.05) is 50.2 Å². The summed E-state index contributed by atoms with van der Waals surface area (Å²) in [6, 6.07) is 21.6. The molecule has 0 aliphatic heterocycles. The van der Waals surface area contributed by atoms with Crippen LogP contribution in [0.2, 0.25) is 0 Å². The first-order chi connectivity index (χ1) is 12.5. The topological polar surface area (TPSA) is 43.4 Å². The van der Waals surface area contributed by atoms with Gasteiger partial charge in [0.1, 0.15) is 5.75 Å². The third kappa shape index (κ3) is 4.61. The number of carbonyl (C=O) groups is 2. The summed E-state index contributed by atoms with van der Waals surface area (Å²) in [6.07, 6.45) is 0. The predicted octanol–water partition coefficient (Wildman–Crippen LogP) is 5.46. The molecule has 0 aliphatic rings. The van der Waals surface area contributed by atoms with Gasteiger partial charge in [0.25, 0.3) is 0 Å². The molecule has 0 amide bonds. The molecule has 0 spiro atoms. The zero-order valence-corrected chi connectivity index (χ0v) is 15.4. The van der Waals surface area contributed by atoms with Crippen molar-refractivity contribution in [2.24, 2.45) is 0 Å². The lowest BCUT2D eigenvalue weighted by Gasteiger charge is -2.06. The van der Waals surface area contributed by atoms with Crippen LogP contribution in [0, 0.1) is 13.8 Å². The quantitative estimate of drug-likeness (QED) is 0.351. The summed E-state index contributed by atoms with van der Waals surface area (Å²) in [4.78, 5) is 25.2. The van der Waals surface area contributed by atoms with Crippen LogP contribution in [-0.2, 0) is 0 Å². The smallest absolute Gasteiger partial charge is 0.343 e. The van der Waals surface area contributed by atoms with E-state index in [0.29, 0.717) is 16.9 Å². The molecule has 4 heteroatoms. The molecule has 0 heterocycles. The molecule has 0 unspecified atom stereocenters. The minimum atomic E-state index is -0.402. The van der Waals surface area contributed by atoms with E-state index in [9.17, 15) is 9.59 Å². The fraction of sp³-hybridized carbons (Fsp3) is 0.0909. The second-order valence-corrected chi connectivity index (χ2v) is 7.03. The first kappa shape index (κ1) is 18.0. The fourth-order valence-electron chi connectivity index (χ4n) is 2.29. The summed E-state index contributed by atoms with van der Waals surface area (Å²) >= 11 is 1.15. The van der Waals surface area contributed by atoms with Crippen molar-refractivity contribution in [3.05, 3.63) is 95.1 Å². The number of rotatable bonds is 4. The normalized spacial score (nSPS) is 10.4. The lowest BCUT2D eigenvalue weighted by molar-refractivity contribution is 0.0734. The van der Waals surface area contributed by atoms with E-state index in [1.54, 1.807) is 36.4 Å². The van der Waals surface area contributed by atoms with Gasteiger partial charge < -0.3 is 4.74 Å². The number of hydrogen-bond acceptors (Lipinski definition) is 4. The van der Waals surface area contributed by atoms with Crippen LogP contribution in [0.15, 0.2) is 77.7 Å². The third-order valence-corrected chi connectivity index (χ3v) is 4.75. The molecule has 26 heavy (non-hydrogen) atoms. The Labute approximate surface area is 157 Å². The SMILES string of the molecule is Cc1ccc(C(=O)Oc2ccc(SC(=O)c3ccc(C)cc3)cc2)cc1. The zero-order valence-electron chi connectivity index (χ0n) is 14.6. The van der Waals surface area contributed by atoms with Gasteiger partial charge >= 0.3 is 5.97 Å². The van der Waals surface area contributed by atoms with Crippen LogP contribution >= 0.6 is 11.8 Å². The number of ether oxygens (including phenoxy) is 1. The minimum Gasteiger partial charge on any atom is -0.423 e. The maximum atomic E-state index is 12.3. The molecule has 130 valence electrons. The van der Waals surface area contributed by atoms with Crippen molar-refractivity contribution in [1.82, 2.24) is 0 Å². The highest BCUT2D eigenvalue weighted by atomic mass is 32.2. The molecular weight excluding hydrogens is 344 g/mol. The van der Waals surface area contributed by atoms with Crippen LogP contribution in [-0.4, -0.2) is 11.1 Å². The number of thioether (sulfide) groups is 1. The second kappa shape index (κ2) is 8.02. The molecule has 0 bridgehead atoms. The Morgan fingerprint density at radius 3 is 1.73 bits per heavy atom. The van der Waals surface area contributed by atoms with Gasteiger partial charge in [-0.05, 0) is 62.0 Å². The fourth-order valence-corrected chi connectivity index (χ4v) is 3.03. The molecule has 0 fully saturated rings. The van der Waals surface area contributed by atoms with Gasteiger partial charge in [-0.25, -0.2) is 4.79 Å². The molecule has 3 aromatic carbocycles. The highest BCUT2D eigenvalue weighted by Gasteiger charge is 2.10. The number of benzene rings is 3. The van der Waals surface area contributed by atoms with E-state index >= 15 is 0 Å². The van der Waals surface area contributed by atoms with Gasteiger partial charge in [0.05, 0.1) is 5.56 Å². The summed E-state index contributed by atoms with van der Waals surface area (Å²) in [5.74, 6) is 0.0452. The van der Waals surface area contributed by atoms with E-state index in [0.717, 1.165) is 27.8 Å². The summed E-state index contributed by atoms with van der Waals surface area (Å²) < 4.78 is 5.36. The van der Waals surface area contributed by atoms with Crippen LogP contribution in [0.4, 0.5) is 0 Å². The summed E-state index contributed by atoms with van der Waals surface area (Å²) in [5.41, 5.74) is 3.37. The van der Waals surface area contributed by atoms with Crippen LogP contribution in [0.3, 0.4) is 0 Å². The van der Waals surface area contributed by atoms with Crippen molar-refractivity contribution in [2.45, 2.75) is 18.7 Å². The summed E-state index contributed by atoms with van der Waals surface area (Å²) in [5, 5.41) is -0.0191. The van der Waals surface area contributed by atoms with E-state index < -0.39 is 5.97 Å². The Morgan fingerprint density at radius 1 is 0.692 bits per heavy atom. The highest BCUT2D eigenvalue weighted by Crippen LogP contribution is 2.25. The van der Waals surface area contributed by atoms with E-state index in [4.69, 9.17) is 4.74 Å². The van der Waals surface area contributed by atoms with Crippen LogP contribution in [0.5, 0.6) is 5.75 Å². The first-order valence-corrected chi connectivity index (χ1v) is 9.01. The Balaban J connectivity index is 1.62. The lowest BCUT2D eigenvalue weighted by atomic mass is 10.1. The average molecular weight is 362 g/mol. The molecule has 0 N–H and O–H groups in total. The Kier molecular flexibility index (Phi) is 5.54. The van der Waals surface area contributed by atoms with Gasteiger partial charge in [0.15, 0.2) is 0 Å². The van der Waals surface area contributed by atoms with Crippen LogP contribution in [0.25, 0.3) is 0 Å². The van der Waals surface area contributed by atoms with Crippen molar-refractivity contribution in [2.75, 3.05) is 0 Å². The highest BCUT2D eigenvalue weighted by molar-refractivity contribution is 8.14. The number of aryl methyl sites for hydroxylation is 2. The predicted molar refractivity (Wildman–Crippen MR) is 104 cm³/mol. The van der Waals surface area contributed by atoms with Gasteiger partial charge in [-0.3, -0.25) is 4.79 Å². The van der Waals surface area contributed by atoms with Gasteiger partial charge in [0.2, 0.25) is 5.12 Å². The van der Waals surface area contributed by atoms with Crippen LogP contribution in [0.1, 0.15) is 31.8 Å². The molecule has 3 rings (SSSR count). The Hall–Kier alpha value is -2.85. The minimum absolute atomic E-state index is 0.0191. The van der Waals surface area contributed by atoms with Crippen LogP contribution < -0.4 is 4.74 Å². The van der Waals surface area contributed by atoms with E-state index in [1.165, 1.54) is 0 Å². The molecule has 0 saturated carbocycles. The van der Waals surface area contributed by atoms with Crippen molar-refractivity contribution >= 4 is 22.8 Å². The van der Waals surface area contributed by atoms with Gasteiger partial charge in [-0.2, -0.15) is 0 Å². The molecule has 0 saturated heterocycles. The summed E-state index contributed by atoms with van der Waals surface area (Å²) in [7, 11) is 0.